The molecule has 1 aliphatic rings. The van der Waals surface area contributed by atoms with Crippen LogP contribution in [0, 0.1) is 5.92 Å². The van der Waals surface area contributed by atoms with Gasteiger partial charge in [0.2, 0.25) is 0 Å². The molecule has 0 N–H and O–H groups in total. The topological polar surface area (TPSA) is 75.6 Å². The maximum Gasteiger partial charge on any atom is 0.310 e. The summed E-state index contributed by atoms with van der Waals surface area (Å²) in [5.41, 5.74) is 3.69. The first-order valence-electron chi connectivity index (χ1n) is 13.3. The first-order chi connectivity index (χ1) is 18.5. The number of rotatable bonds is 10. The lowest BCUT2D eigenvalue weighted by Crippen LogP contribution is -2.42. The van der Waals surface area contributed by atoms with Crippen molar-refractivity contribution in [2.24, 2.45) is 5.92 Å². The summed E-state index contributed by atoms with van der Waals surface area (Å²) in [6.45, 7) is 6.32. The number of hydrogen-bond acceptors (Lipinski definition) is 7. The van der Waals surface area contributed by atoms with E-state index < -0.39 is 0 Å². The number of piperidine rings is 1. The van der Waals surface area contributed by atoms with E-state index in [2.05, 4.69) is 31.0 Å². The molecular weight excluding hydrogens is 496 g/mol. The summed E-state index contributed by atoms with van der Waals surface area (Å²) in [5, 5.41) is 0.725. The van der Waals surface area contributed by atoms with Crippen LogP contribution >= 0.6 is 11.8 Å². The highest BCUT2D eigenvalue weighted by molar-refractivity contribution is 7.98. The summed E-state index contributed by atoms with van der Waals surface area (Å²) in [6, 6.07) is 19.9. The Hall–Kier alpha value is -3.39. The van der Waals surface area contributed by atoms with Gasteiger partial charge >= 0.3 is 5.97 Å². The molecule has 38 heavy (non-hydrogen) atoms. The molecule has 0 aliphatic carbocycles. The van der Waals surface area contributed by atoms with Crippen molar-refractivity contribution >= 4 is 29.5 Å². The van der Waals surface area contributed by atoms with Gasteiger partial charge < -0.3 is 14.5 Å². The minimum Gasteiger partial charge on any atom is -0.466 e. The van der Waals surface area contributed by atoms with Crippen LogP contribution in [0.4, 0.5) is 5.82 Å². The van der Waals surface area contributed by atoms with Crippen LogP contribution in [0.5, 0.6) is 0 Å². The molecule has 0 bridgehead atoms. The number of ether oxygens (including phenoxy) is 1. The molecule has 8 heteroatoms. The molecule has 2 heterocycles. The minimum absolute atomic E-state index is 0.0410. The normalized spacial score (nSPS) is 15.2. The second kappa shape index (κ2) is 13.4. The standard InChI is InChI=1S/C30H36N4O3S/c1-4-17-33(3)27-19-26(23-10-7-6-8-11-23)31-30(32-27)38-21-22-13-15-24(16-14-22)28(35)34-18-9-12-25(20-34)29(36)37-5-2/h6-8,10-11,13-16,19,25H,4-5,9,12,17-18,20-21H2,1-3H3/t25-/m0/s1. The molecular formula is C30H36N4O3S. The number of carbonyl (C=O) groups is 2. The Labute approximate surface area is 229 Å². The van der Waals surface area contributed by atoms with Crippen molar-refractivity contribution in [3.8, 4) is 11.3 Å². The monoisotopic (exact) mass is 532 g/mol. The molecule has 0 spiro atoms. The third kappa shape index (κ3) is 7.13. The maximum atomic E-state index is 13.1. The van der Waals surface area contributed by atoms with Gasteiger partial charge in [0.15, 0.2) is 5.16 Å². The number of aromatic nitrogens is 2. The number of thioether (sulfide) groups is 1. The molecule has 1 amide bonds. The summed E-state index contributed by atoms with van der Waals surface area (Å²) >= 11 is 1.59. The molecule has 7 nitrogen and oxygen atoms in total. The number of likely N-dealkylation sites (tertiary alicyclic amines) is 1. The first kappa shape index (κ1) is 27.6. The zero-order valence-electron chi connectivity index (χ0n) is 22.4. The third-order valence-electron chi connectivity index (χ3n) is 6.61. The van der Waals surface area contributed by atoms with E-state index in [4.69, 9.17) is 14.7 Å². The maximum absolute atomic E-state index is 13.1. The summed E-state index contributed by atoms with van der Waals surface area (Å²) in [7, 11) is 2.06. The fourth-order valence-corrected chi connectivity index (χ4v) is 5.38. The zero-order chi connectivity index (χ0) is 26.9. The van der Waals surface area contributed by atoms with E-state index in [0.717, 1.165) is 53.6 Å². The van der Waals surface area contributed by atoms with Gasteiger partial charge in [0.05, 0.1) is 18.2 Å². The van der Waals surface area contributed by atoms with E-state index >= 15 is 0 Å². The number of benzene rings is 2. The van der Waals surface area contributed by atoms with Crippen LogP contribution in [0.1, 0.15) is 49.0 Å². The van der Waals surface area contributed by atoms with Crippen LogP contribution in [0.3, 0.4) is 0 Å². The Morgan fingerprint density at radius 1 is 1.08 bits per heavy atom. The lowest BCUT2D eigenvalue weighted by Gasteiger charge is -2.31. The van der Waals surface area contributed by atoms with E-state index in [1.807, 2.05) is 48.5 Å². The average molecular weight is 533 g/mol. The van der Waals surface area contributed by atoms with Gasteiger partial charge in [-0.05, 0) is 43.9 Å². The van der Waals surface area contributed by atoms with E-state index in [1.165, 1.54) is 0 Å². The van der Waals surface area contributed by atoms with Crippen molar-refractivity contribution in [2.75, 3.05) is 38.2 Å². The molecule has 0 radical (unpaired) electrons. The molecule has 1 fully saturated rings. The molecule has 0 unspecified atom stereocenters. The third-order valence-corrected chi connectivity index (χ3v) is 7.53. The Bertz CT molecular complexity index is 1220. The average Bonchev–Trinajstić information content (AvgIpc) is 2.96. The van der Waals surface area contributed by atoms with Crippen molar-refractivity contribution in [1.29, 1.82) is 0 Å². The number of nitrogens with zero attached hydrogens (tertiary/aromatic N) is 4. The molecule has 200 valence electrons. The Morgan fingerprint density at radius 2 is 1.84 bits per heavy atom. The summed E-state index contributed by atoms with van der Waals surface area (Å²) in [5.74, 6) is 1.11. The second-order valence-electron chi connectivity index (χ2n) is 9.51. The molecule has 1 aliphatic heterocycles. The highest BCUT2D eigenvalue weighted by Crippen LogP contribution is 2.27. The number of anilines is 1. The van der Waals surface area contributed by atoms with Gasteiger partial charge in [-0.15, -0.1) is 0 Å². The molecule has 1 atom stereocenters. The Kier molecular flexibility index (Phi) is 9.76. The lowest BCUT2D eigenvalue weighted by molar-refractivity contribution is -0.149. The number of esters is 1. The van der Waals surface area contributed by atoms with Crippen molar-refractivity contribution in [3.05, 3.63) is 71.8 Å². The van der Waals surface area contributed by atoms with E-state index in [9.17, 15) is 9.59 Å². The first-order valence-corrected chi connectivity index (χ1v) is 14.3. The van der Waals surface area contributed by atoms with Crippen LogP contribution < -0.4 is 4.90 Å². The van der Waals surface area contributed by atoms with Crippen molar-refractivity contribution < 1.29 is 14.3 Å². The minimum atomic E-state index is -0.240. The predicted molar refractivity (Wildman–Crippen MR) is 152 cm³/mol. The Morgan fingerprint density at radius 3 is 2.55 bits per heavy atom. The van der Waals surface area contributed by atoms with Crippen molar-refractivity contribution in [3.63, 3.8) is 0 Å². The summed E-state index contributed by atoms with van der Waals surface area (Å²) in [4.78, 5) is 38.8. The summed E-state index contributed by atoms with van der Waals surface area (Å²) < 4.78 is 5.17. The SMILES string of the molecule is CCCN(C)c1cc(-c2ccccc2)nc(SCc2ccc(C(=O)N3CCC[C@H](C(=O)OCC)C3)cc2)n1. The highest BCUT2D eigenvalue weighted by Gasteiger charge is 2.29. The van der Waals surface area contributed by atoms with Gasteiger partial charge in [0.25, 0.3) is 5.91 Å². The molecule has 3 aromatic rings. The lowest BCUT2D eigenvalue weighted by atomic mass is 9.97. The van der Waals surface area contributed by atoms with E-state index in [-0.39, 0.29) is 17.8 Å². The van der Waals surface area contributed by atoms with Gasteiger partial charge in [0, 0.05) is 49.6 Å². The zero-order valence-corrected chi connectivity index (χ0v) is 23.2. The molecule has 0 saturated carbocycles. The van der Waals surface area contributed by atoms with Crippen LogP contribution in [0.15, 0.2) is 65.8 Å². The number of hydrogen-bond donors (Lipinski definition) is 0. The van der Waals surface area contributed by atoms with Crippen molar-refractivity contribution in [1.82, 2.24) is 14.9 Å². The fourth-order valence-electron chi connectivity index (χ4n) is 4.57. The highest BCUT2D eigenvalue weighted by atomic mass is 32.2. The van der Waals surface area contributed by atoms with Crippen LogP contribution in [-0.2, 0) is 15.3 Å². The van der Waals surface area contributed by atoms with E-state index in [1.54, 1.807) is 23.6 Å². The van der Waals surface area contributed by atoms with Gasteiger partial charge in [-0.3, -0.25) is 9.59 Å². The molecule has 2 aromatic carbocycles. The Balaban J connectivity index is 1.43. The smallest absolute Gasteiger partial charge is 0.310 e. The van der Waals surface area contributed by atoms with E-state index in [0.29, 0.717) is 31.0 Å². The summed E-state index contributed by atoms with van der Waals surface area (Å²) in [6.07, 6.45) is 2.61. The predicted octanol–water partition coefficient (Wildman–Crippen LogP) is 5.70. The van der Waals surface area contributed by atoms with Gasteiger partial charge in [-0.25, -0.2) is 9.97 Å². The van der Waals surface area contributed by atoms with Crippen LogP contribution in [0.25, 0.3) is 11.3 Å². The molecule has 1 aromatic heterocycles. The van der Waals surface area contributed by atoms with Crippen LogP contribution in [-0.4, -0.2) is 60.0 Å². The van der Waals surface area contributed by atoms with Gasteiger partial charge in [0.1, 0.15) is 5.82 Å². The fraction of sp³-hybridized carbons (Fsp3) is 0.400. The quantitative estimate of drug-likeness (QED) is 0.188. The van der Waals surface area contributed by atoms with Gasteiger partial charge in [-0.2, -0.15) is 0 Å². The largest absolute Gasteiger partial charge is 0.466 e. The van der Waals surface area contributed by atoms with Crippen LogP contribution in [0.2, 0.25) is 0 Å². The van der Waals surface area contributed by atoms with Crippen molar-refractivity contribution in [2.45, 2.75) is 44.0 Å². The van der Waals surface area contributed by atoms with Gasteiger partial charge in [-0.1, -0.05) is 61.2 Å². The molecule has 1 saturated heterocycles. The number of amides is 1. The number of carbonyl (C=O) groups excluding carboxylic acids is 2. The second-order valence-corrected chi connectivity index (χ2v) is 10.5. The molecule has 4 rings (SSSR count).